The molecule has 0 heterocycles. The molecule has 0 saturated heterocycles. The number of carbonyl (C=O) groups excluding carboxylic acids is 2. The molecule has 2 aromatic carbocycles. The highest BCUT2D eigenvalue weighted by Crippen LogP contribution is 2.30. The Balaban J connectivity index is 1.35. The maximum Gasteiger partial charge on any atom is 0.315 e. The van der Waals surface area contributed by atoms with E-state index in [9.17, 15) is 9.59 Å². The average Bonchev–Trinajstić information content (AvgIpc) is 3.49. The lowest BCUT2D eigenvalue weighted by Gasteiger charge is -2.10. The van der Waals surface area contributed by atoms with Crippen molar-refractivity contribution in [2.24, 2.45) is 5.92 Å². The number of benzene rings is 2. The molecule has 0 bridgehead atoms. The maximum absolute atomic E-state index is 11.9. The standard InChI is InChI=1S/C21H25N3O3/c1-15-4-2-7-19(12-15)27-11-10-22-21(26)23-14-16-5-3-6-18(13-16)24-20(25)17-8-9-17/h2-7,12-13,17H,8-11,14H2,1H3,(H,24,25)(H2,22,23,26). The Hall–Kier alpha value is -3.02. The smallest absolute Gasteiger partial charge is 0.315 e. The Bertz CT molecular complexity index is 803. The molecule has 6 heteroatoms. The molecular weight excluding hydrogens is 342 g/mol. The van der Waals surface area contributed by atoms with E-state index in [4.69, 9.17) is 4.74 Å². The number of amides is 3. The summed E-state index contributed by atoms with van der Waals surface area (Å²) < 4.78 is 5.59. The van der Waals surface area contributed by atoms with E-state index < -0.39 is 0 Å². The predicted molar refractivity (Wildman–Crippen MR) is 105 cm³/mol. The summed E-state index contributed by atoms with van der Waals surface area (Å²) in [5.41, 5.74) is 2.82. The highest BCUT2D eigenvalue weighted by molar-refractivity contribution is 5.94. The SMILES string of the molecule is Cc1cccc(OCCNC(=O)NCc2cccc(NC(=O)C3CC3)c2)c1. The molecule has 142 valence electrons. The zero-order valence-electron chi connectivity index (χ0n) is 15.5. The summed E-state index contributed by atoms with van der Waals surface area (Å²) in [6, 6.07) is 15.0. The summed E-state index contributed by atoms with van der Waals surface area (Å²) in [4.78, 5) is 23.7. The van der Waals surface area contributed by atoms with Crippen LogP contribution in [0.2, 0.25) is 0 Å². The number of hydrogen-bond donors (Lipinski definition) is 3. The fourth-order valence-corrected chi connectivity index (χ4v) is 2.63. The highest BCUT2D eigenvalue weighted by atomic mass is 16.5. The highest BCUT2D eigenvalue weighted by Gasteiger charge is 2.29. The van der Waals surface area contributed by atoms with E-state index in [1.54, 1.807) is 0 Å². The number of ether oxygens (including phenoxy) is 1. The number of nitrogens with one attached hydrogen (secondary N) is 3. The fraction of sp³-hybridized carbons (Fsp3) is 0.333. The molecule has 1 fully saturated rings. The van der Waals surface area contributed by atoms with E-state index in [0.717, 1.165) is 35.4 Å². The van der Waals surface area contributed by atoms with Crippen molar-refractivity contribution in [3.63, 3.8) is 0 Å². The molecule has 3 N–H and O–H groups in total. The lowest BCUT2D eigenvalue weighted by molar-refractivity contribution is -0.117. The van der Waals surface area contributed by atoms with Crippen LogP contribution in [0.3, 0.4) is 0 Å². The monoisotopic (exact) mass is 367 g/mol. The lowest BCUT2D eigenvalue weighted by Crippen LogP contribution is -2.37. The molecule has 1 saturated carbocycles. The lowest BCUT2D eigenvalue weighted by atomic mass is 10.2. The Morgan fingerprint density at radius 2 is 1.89 bits per heavy atom. The van der Waals surface area contributed by atoms with Gasteiger partial charge < -0.3 is 20.7 Å². The third-order valence-electron chi connectivity index (χ3n) is 4.24. The molecule has 6 nitrogen and oxygen atoms in total. The quantitative estimate of drug-likeness (QED) is 0.627. The minimum Gasteiger partial charge on any atom is -0.492 e. The molecule has 0 aromatic heterocycles. The van der Waals surface area contributed by atoms with Crippen molar-refractivity contribution < 1.29 is 14.3 Å². The number of urea groups is 1. The van der Waals surface area contributed by atoms with Gasteiger partial charge in [0.25, 0.3) is 0 Å². The zero-order chi connectivity index (χ0) is 19.1. The molecule has 3 rings (SSSR count). The van der Waals surface area contributed by atoms with Gasteiger partial charge >= 0.3 is 6.03 Å². The van der Waals surface area contributed by atoms with Crippen LogP contribution in [0.25, 0.3) is 0 Å². The van der Waals surface area contributed by atoms with Crippen LogP contribution in [0.5, 0.6) is 5.75 Å². The molecule has 1 aliphatic rings. The molecule has 1 aliphatic carbocycles. The molecular formula is C21H25N3O3. The first kappa shape index (κ1) is 18.8. The summed E-state index contributed by atoms with van der Waals surface area (Å²) in [6.45, 7) is 3.21. The summed E-state index contributed by atoms with van der Waals surface area (Å²) in [5, 5.41) is 8.48. The van der Waals surface area contributed by atoms with Crippen LogP contribution in [0.4, 0.5) is 10.5 Å². The van der Waals surface area contributed by atoms with Gasteiger partial charge in [0.2, 0.25) is 5.91 Å². The van der Waals surface area contributed by atoms with Crippen molar-refractivity contribution in [3.8, 4) is 5.75 Å². The van der Waals surface area contributed by atoms with Gasteiger partial charge in [-0.25, -0.2) is 4.79 Å². The third kappa shape index (κ3) is 6.33. The van der Waals surface area contributed by atoms with Crippen LogP contribution in [-0.2, 0) is 11.3 Å². The topological polar surface area (TPSA) is 79.5 Å². The molecule has 0 radical (unpaired) electrons. The molecule has 3 amide bonds. The van der Waals surface area contributed by atoms with E-state index in [1.807, 2.05) is 55.5 Å². The Morgan fingerprint density at radius 1 is 1.07 bits per heavy atom. The van der Waals surface area contributed by atoms with Gasteiger partial charge in [-0.05, 0) is 55.2 Å². The van der Waals surface area contributed by atoms with Crippen LogP contribution in [0, 0.1) is 12.8 Å². The first-order valence-electron chi connectivity index (χ1n) is 9.21. The van der Waals surface area contributed by atoms with Crippen molar-refractivity contribution in [2.75, 3.05) is 18.5 Å². The number of carbonyl (C=O) groups is 2. The molecule has 2 aromatic rings. The molecule has 0 aliphatic heterocycles. The Labute approximate surface area is 159 Å². The minimum absolute atomic E-state index is 0.0754. The van der Waals surface area contributed by atoms with Gasteiger partial charge in [-0.3, -0.25) is 4.79 Å². The number of hydrogen-bond acceptors (Lipinski definition) is 3. The van der Waals surface area contributed by atoms with Crippen LogP contribution < -0.4 is 20.7 Å². The minimum atomic E-state index is -0.254. The van der Waals surface area contributed by atoms with Crippen molar-refractivity contribution in [1.29, 1.82) is 0 Å². The largest absolute Gasteiger partial charge is 0.492 e. The van der Waals surface area contributed by atoms with Gasteiger partial charge in [0.05, 0.1) is 6.54 Å². The normalized spacial score (nSPS) is 12.9. The number of anilines is 1. The van der Waals surface area contributed by atoms with Crippen molar-refractivity contribution >= 4 is 17.6 Å². The average molecular weight is 367 g/mol. The van der Waals surface area contributed by atoms with E-state index in [-0.39, 0.29) is 17.9 Å². The maximum atomic E-state index is 11.9. The van der Waals surface area contributed by atoms with Crippen molar-refractivity contribution in [2.45, 2.75) is 26.3 Å². The van der Waals surface area contributed by atoms with Crippen molar-refractivity contribution in [1.82, 2.24) is 10.6 Å². The second kappa shape index (κ2) is 9.07. The second-order valence-corrected chi connectivity index (χ2v) is 6.74. The van der Waals surface area contributed by atoms with Crippen molar-refractivity contribution in [3.05, 3.63) is 59.7 Å². The first-order chi connectivity index (χ1) is 13.1. The summed E-state index contributed by atoms with van der Waals surface area (Å²) in [7, 11) is 0. The molecule has 0 spiro atoms. The zero-order valence-corrected chi connectivity index (χ0v) is 15.5. The summed E-state index contributed by atoms with van der Waals surface area (Å²) in [6.07, 6.45) is 1.95. The molecule has 27 heavy (non-hydrogen) atoms. The van der Waals surface area contributed by atoms with E-state index in [0.29, 0.717) is 19.7 Å². The van der Waals surface area contributed by atoms with Gasteiger partial charge in [-0.1, -0.05) is 24.3 Å². The Kier molecular flexibility index (Phi) is 6.30. The van der Waals surface area contributed by atoms with E-state index in [1.165, 1.54) is 0 Å². The second-order valence-electron chi connectivity index (χ2n) is 6.74. The van der Waals surface area contributed by atoms with Gasteiger partial charge in [0.15, 0.2) is 0 Å². The molecule has 0 atom stereocenters. The molecule has 0 unspecified atom stereocenters. The number of rotatable bonds is 8. The third-order valence-corrected chi connectivity index (χ3v) is 4.24. The van der Waals surface area contributed by atoms with Gasteiger partial charge in [-0.2, -0.15) is 0 Å². The van der Waals surface area contributed by atoms with Gasteiger partial charge in [0.1, 0.15) is 12.4 Å². The van der Waals surface area contributed by atoms with Crippen LogP contribution in [0.1, 0.15) is 24.0 Å². The first-order valence-corrected chi connectivity index (χ1v) is 9.21. The van der Waals surface area contributed by atoms with Gasteiger partial charge in [-0.15, -0.1) is 0 Å². The predicted octanol–water partition coefficient (Wildman–Crippen LogP) is 3.22. The van der Waals surface area contributed by atoms with E-state index in [2.05, 4.69) is 16.0 Å². The summed E-state index contributed by atoms with van der Waals surface area (Å²) >= 11 is 0. The van der Waals surface area contributed by atoms with Gasteiger partial charge in [0, 0.05) is 18.2 Å². The number of aryl methyl sites for hydroxylation is 1. The van der Waals surface area contributed by atoms with Crippen LogP contribution >= 0.6 is 0 Å². The van der Waals surface area contributed by atoms with Crippen LogP contribution in [0.15, 0.2) is 48.5 Å². The Morgan fingerprint density at radius 3 is 2.67 bits per heavy atom. The van der Waals surface area contributed by atoms with Crippen LogP contribution in [-0.4, -0.2) is 25.1 Å². The van der Waals surface area contributed by atoms with E-state index >= 15 is 0 Å². The fourth-order valence-electron chi connectivity index (χ4n) is 2.63. The summed E-state index contributed by atoms with van der Waals surface area (Å²) in [5.74, 6) is 1.04.